The molecule has 0 unspecified atom stereocenters. The second kappa shape index (κ2) is 14.4. The molecule has 0 radical (unpaired) electrons. The summed E-state index contributed by atoms with van der Waals surface area (Å²) in [5.74, 6) is 0. The van der Waals surface area contributed by atoms with Crippen LogP contribution in [-0.4, -0.2) is 4.57 Å². The zero-order valence-electron chi connectivity index (χ0n) is 33.5. The molecule has 0 spiro atoms. The maximum atomic E-state index is 2.38. The van der Waals surface area contributed by atoms with Gasteiger partial charge in [0.2, 0.25) is 0 Å². The molecule has 0 saturated carbocycles. The predicted molar refractivity (Wildman–Crippen MR) is 258 cm³/mol. The number of anilines is 3. The van der Waals surface area contributed by atoms with E-state index in [9.17, 15) is 0 Å². The van der Waals surface area contributed by atoms with Gasteiger partial charge < -0.3 is 9.47 Å². The maximum absolute atomic E-state index is 2.38. The molecule has 0 saturated heterocycles. The van der Waals surface area contributed by atoms with Gasteiger partial charge >= 0.3 is 0 Å². The van der Waals surface area contributed by atoms with Crippen molar-refractivity contribution in [3.05, 3.63) is 242 Å². The van der Waals surface area contributed by atoms with E-state index >= 15 is 0 Å². The minimum absolute atomic E-state index is 0.987. The molecule has 0 fully saturated rings. The summed E-state index contributed by atoms with van der Waals surface area (Å²) in [6.45, 7) is 0. The third-order valence-corrected chi connectivity index (χ3v) is 12.6. The summed E-state index contributed by atoms with van der Waals surface area (Å²) in [4.78, 5) is 2.37. The number of aromatic nitrogens is 1. The van der Waals surface area contributed by atoms with Crippen molar-refractivity contribution in [2.45, 2.75) is 6.42 Å². The number of benzene rings is 10. The van der Waals surface area contributed by atoms with E-state index < -0.39 is 0 Å². The van der Waals surface area contributed by atoms with Gasteiger partial charge in [-0.3, -0.25) is 0 Å². The minimum atomic E-state index is 0.987. The average molecular weight is 777 g/mol. The second-order valence-corrected chi connectivity index (χ2v) is 16.1. The lowest BCUT2D eigenvalue weighted by atomic mass is 9.97. The lowest BCUT2D eigenvalue weighted by molar-refractivity contribution is 1.18. The average Bonchev–Trinajstić information content (AvgIpc) is 3.87. The Morgan fingerprint density at radius 2 is 0.836 bits per heavy atom. The number of rotatable bonds is 7. The molecule has 11 aromatic rings. The van der Waals surface area contributed by atoms with Crippen LogP contribution in [0.5, 0.6) is 0 Å². The van der Waals surface area contributed by atoms with Gasteiger partial charge in [0.1, 0.15) is 0 Å². The maximum Gasteiger partial charge on any atom is 0.0541 e. The Morgan fingerprint density at radius 1 is 0.311 bits per heavy atom. The van der Waals surface area contributed by atoms with E-state index in [0.29, 0.717) is 0 Å². The molecular formula is C59H40N2. The van der Waals surface area contributed by atoms with E-state index in [1.165, 1.54) is 93.9 Å². The number of para-hydroxylation sites is 2. The van der Waals surface area contributed by atoms with E-state index in [1.807, 2.05) is 0 Å². The first-order chi connectivity index (χ1) is 30.2. The van der Waals surface area contributed by atoms with E-state index in [-0.39, 0.29) is 0 Å². The summed E-state index contributed by atoms with van der Waals surface area (Å²) in [5.41, 5.74) is 19.7. The van der Waals surface area contributed by atoms with Crippen LogP contribution in [0.1, 0.15) is 11.1 Å². The monoisotopic (exact) mass is 776 g/mol. The SMILES string of the molecule is c1ccc(-n2c3ccccc3c3cc(-c4ccc(N(c5ccc(-c6ccc7c(c6)Cc6ccccc6-7)cc5)c5ccc(-c6cccc7ccccc67)cc5)cc4)ccc32)cc1. The van der Waals surface area contributed by atoms with Crippen molar-refractivity contribution in [2.24, 2.45) is 0 Å². The second-order valence-electron chi connectivity index (χ2n) is 16.1. The number of nitrogens with zero attached hydrogens (tertiary/aromatic N) is 2. The van der Waals surface area contributed by atoms with Gasteiger partial charge in [0, 0.05) is 33.5 Å². The fourth-order valence-corrected chi connectivity index (χ4v) is 9.65. The Kier molecular flexibility index (Phi) is 8.28. The summed E-state index contributed by atoms with van der Waals surface area (Å²) in [6, 6.07) is 84.4. The Morgan fingerprint density at radius 3 is 1.59 bits per heavy atom. The van der Waals surface area contributed by atoms with Crippen molar-refractivity contribution in [1.29, 1.82) is 0 Å². The molecule has 2 nitrogen and oxygen atoms in total. The van der Waals surface area contributed by atoms with E-state index in [1.54, 1.807) is 0 Å². The van der Waals surface area contributed by atoms with Crippen LogP contribution in [0, 0.1) is 0 Å². The molecule has 286 valence electrons. The minimum Gasteiger partial charge on any atom is -0.311 e. The topological polar surface area (TPSA) is 8.17 Å². The summed E-state index contributed by atoms with van der Waals surface area (Å²) in [7, 11) is 0. The zero-order valence-corrected chi connectivity index (χ0v) is 33.5. The van der Waals surface area contributed by atoms with Crippen molar-refractivity contribution in [3.63, 3.8) is 0 Å². The van der Waals surface area contributed by atoms with Gasteiger partial charge in [-0.05, 0) is 140 Å². The molecule has 0 atom stereocenters. The quantitative estimate of drug-likeness (QED) is 0.156. The summed E-state index contributed by atoms with van der Waals surface area (Å²) < 4.78 is 2.37. The molecule has 1 heterocycles. The molecule has 0 bridgehead atoms. The molecule has 0 aliphatic heterocycles. The molecule has 0 N–H and O–H groups in total. The van der Waals surface area contributed by atoms with Crippen LogP contribution >= 0.6 is 0 Å². The number of fused-ring (bicyclic) bond motifs is 7. The molecule has 61 heavy (non-hydrogen) atoms. The largest absolute Gasteiger partial charge is 0.311 e. The van der Waals surface area contributed by atoms with Crippen LogP contribution in [0.4, 0.5) is 17.1 Å². The van der Waals surface area contributed by atoms with Crippen molar-refractivity contribution in [3.8, 4) is 50.2 Å². The Balaban J connectivity index is 0.917. The fourth-order valence-electron chi connectivity index (χ4n) is 9.65. The highest BCUT2D eigenvalue weighted by Gasteiger charge is 2.20. The van der Waals surface area contributed by atoms with Gasteiger partial charge in [-0.2, -0.15) is 0 Å². The van der Waals surface area contributed by atoms with Gasteiger partial charge in [0.05, 0.1) is 11.0 Å². The van der Waals surface area contributed by atoms with E-state index in [4.69, 9.17) is 0 Å². The van der Waals surface area contributed by atoms with Gasteiger partial charge in [0.15, 0.2) is 0 Å². The smallest absolute Gasteiger partial charge is 0.0541 e. The number of hydrogen-bond acceptors (Lipinski definition) is 1. The third kappa shape index (κ3) is 6.03. The van der Waals surface area contributed by atoms with Crippen LogP contribution in [0.3, 0.4) is 0 Å². The van der Waals surface area contributed by atoms with Gasteiger partial charge in [-0.25, -0.2) is 0 Å². The lowest BCUT2D eigenvalue weighted by Crippen LogP contribution is -2.09. The predicted octanol–water partition coefficient (Wildman–Crippen LogP) is 16.0. The normalized spacial score (nSPS) is 11.9. The molecule has 1 aliphatic rings. The van der Waals surface area contributed by atoms with Gasteiger partial charge in [0.25, 0.3) is 0 Å². The van der Waals surface area contributed by atoms with E-state index in [0.717, 1.165) is 23.5 Å². The Labute approximate surface area is 355 Å². The zero-order chi connectivity index (χ0) is 40.3. The highest BCUT2D eigenvalue weighted by molar-refractivity contribution is 6.10. The summed E-state index contributed by atoms with van der Waals surface area (Å²) >= 11 is 0. The van der Waals surface area contributed by atoms with Crippen LogP contribution in [0.15, 0.2) is 231 Å². The fraction of sp³-hybridized carbons (Fsp3) is 0.0169. The number of hydrogen-bond donors (Lipinski definition) is 0. The van der Waals surface area contributed by atoms with Crippen LogP contribution < -0.4 is 4.90 Å². The molecule has 0 amide bonds. The summed E-state index contributed by atoms with van der Waals surface area (Å²) in [6.07, 6.45) is 0.987. The van der Waals surface area contributed by atoms with Crippen molar-refractivity contribution < 1.29 is 0 Å². The van der Waals surface area contributed by atoms with Crippen molar-refractivity contribution in [2.75, 3.05) is 4.90 Å². The molecule has 1 aliphatic carbocycles. The van der Waals surface area contributed by atoms with Crippen molar-refractivity contribution >= 4 is 49.6 Å². The molecule has 10 aromatic carbocycles. The molecular weight excluding hydrogens is 737 g/mol. The van der Waals surface area contributed by atoms with Crippen LogP contribution in [-0.2, 0) is 6.42 Å². The Hall–Kier alpha value is -7.94. The van der Waals surface area contributed by atoms with Crippen LogP contribution in [0.2, 0.25) is 0 Å². The Bertz CT molecular complexity index is 3410. The standard InChI is InChI=1S/C59H40N2/c1-2-14-48(15-3-1)61-58-20-9-8-18-56(58)57-39-45(28-36-59(57)61)41-23-31-50(32-24-41)60(51-33-25-43(26-34-51)53-19-10-13-42-11-4-6-16-52(42)53)49-29-21-40(22-30-49)44-27-35-55-47(37-44)38-46-12-5-7-17-54(46)55/h1-37,39H,38H2. The molecule has 1 aromatic heterocycles. The first-order valence-corrected chi connectivity index (χ1v) is 21.1. The van der Waals surface area contributed by atoms with Gasteiger partial charge in [-0.15, -0.1) is 0 Å². The highest BCUT2D eigenvalue weighted by Crippen LogP contribution is 2.42. The first kappa shape index (κ1) is 35.0. The lowest BCUT2D eigenvalue weighted by Gasteiger charge is -2.26. The highest BCUT2D eigenvalue weighted by atomic mass is 15.1. The summed E-state index contributed by atoms with van der Waals surface area (Å²) in [5, 5.41) is 5.02. The van der Waals surface area contributed by atoms with E-state index in [2.05, 4.69) is 240 Å². The van der Waals surface area contributed by atoms with Gasteiger partial charge in [-0.1, -0.05) is 164 Å². The first-order valence-electron chi connectivity index (χ1n) is 21.1. The van der Waals surface area contributed by atoms with Crippen LogP contribution in [0.25, 0.3) is 82.8 Å². The molecule has 12 rings (SSSR count). The third-order valence-electron chi connectivity index (χ3n) is 12.6. The molecule has 2 heteroatoms. The van der Waals surface area contributed by atoms with Crippen molar-refractivity contribution in [1.82, 2.24) is 4.57 Å².